The van der Waals surface area contributed by atoms with Gasteiger partial charge >= 0.3 is 5.97 Å². The number of carboxylic acids is 1. The van der Waals surface area contributed by atoms with Gasteiger partial charge in [0.05, 0.1) is 17.0 Å². The Labute approximate surface area is 100 Å². The first kappa shape index (κ1) is 13.6. The lowest BCUT2D eigenvalue weighted by atomic mass is 10.2. The third-order valence-corrected chi connectivity index (χ3v) is 2.00. The van der Waals surface area contributed by atoms with Crippen LogP contribution in [0.15, 0.2) is 18.2 Å². The number of carboxylic acid groups (broad SMARTS) is 1. The molecule has 8 heteroatoms. The number of nitro groups is 1. The number of carbonyl (C=O) groups is 2. The molecule has 1 rings (SSSR count). The quantitative estimate of drug-likeness (QED) is 0.613. The number of non-ortho nitro benzene ring substituents is 1. The molecular formula is C10H9FN2O5. The average Bonchev–Trinajstić information content (AvgIpc) is 2.29. The number of nitro benzene ring substituents is 1. The molecule has 0 unspecified atom stereocenters. The Bertz CT molecular complexity index is 503. The number of benzene rings is 1. The Kier molecular flexibility index (Phi) is 4.30. The molecule has 2 N–H and O–H groups in total. The fourth-order valence-corrected chi connectivity index (χ4v) is 1.16. The van der Waals surface area contributed by atoms with Crippen LogP contribution in [0.25, 0.3) is 0 Å². The van der Waals surface area contributed by atoms with Crippen molar-refractivity contribution in [3.8, 4) is 0 Å². The summed E-state index contributed by atoms with van der Waals surface area (Å²) in [5, 5.41) is 20.9. The summed E-state index contributed by atoms with van der Waals surface area (Å²) in [6.07, 6.45) is -0.736. The third-order valence-electron chi connectivity index (χ3n) is 2.00. The zero-order chi connectivity index (χ0) is 13.7. The summed E-state index contributed by atoms with van der Waals surface area (Å²) in [4.78, 5) is 31.2. The number of hydrogen-bond donors (Lipinski definition) is 2. The predicted molar refractivity (Wildman–Crippen MR) is 58.6 cm³/mol. The van der Waals surface area contributed by atoms with E-state index >= 15 is 0 Å². The first-order valence-corrected chi connectivity index (χ1v) is 4.85. The van der Waals surface area contributed by atoms with Crippen LogP contribution in [0.4, 0.5) is 15.8 Å². The van der Waals surface area contributed by atoms with E-state index in [1.807, 2.05) is 0 Å². The lowest BCUT2D eigenvalue weighted by molar-refractivity contribution is -0.384. The van der Waals surface area contributed by atoms with Crippen LogP contribution >= 0.6 is 0 Å². The molecule has 96 valence electrons. The molecule has 0 heterocycles. The highest BCUT2D eigenvalue weighted by Gasteiger charge is 2.13. The van der Waals surface area contributed by atoms with Crippen molar-refractivity contribution >= 4 is 23.3 Å². The lowest BCUT2D eigenvalue weighted by Crippen LogP contribution is -2.14. The molecule has 0 saturated carbocycles. The molecule has 1 aromatic rings. The highest BCUT2D eigenvalue weighted by molar-refractivity contribution is 5.92. The SMILES string of the molecule is O=C(O)CCC(=O)Nc1cc([N+](=O)[O-])ccc1F. The fraction of sp³-hybridized carbons (Fsp3) is 0.200. The topological polar surface area (TPSA) is 110 Å². The van der Waals surface area contributed by atoms with Crippen molar-refractivity contribution in [1.29, 1.82) is 0 Å². The predicted octanol–water partition coefficient (Wildman–Crippen LogP) is 1.54. The number of carbonyl (C=O) groups excluding carboxylic acids is 1. The van der Waals surface area contributed by atoms with Crippen molar-refractivity contribution in [2.75, 3.05) is 5.32 Å². The van der Waals surface area contributed by atoms with Crippen LogP contribution in [-0.2, 0) is 9.59 Å². The van der Waals surface area contributed by atoms with E-state index in [4.69, 9.17) is 5.11 Å². The Hall–Kier alpha value is -2.51. The van der Waals surface area contributed by atoms with Gasteiger partial charge in [0.1, 0.15) is 5.82 Å². The smallest absolute Gasteiger partial charge is 0.303 e. The largest absolute Gasteiger partial charge is 0.481 e. The van der Waals surface area contributed by atoms with E-state index < -0.39 is 29.0 Å². The number of rotatable bonds is 5. The van der Waals surface area contributed by atoms with Gasteiger partial charge in [-0.25, -0.2) is 4.39 Å². The molecule has 0 bridgehead atoms. The van der Waals surface area contributed by atoms with Crippen LogP contribution in [0.5, 0.6) is 0 Å². The number of halogens is 1. The number of nitrogens with zero attached hydrogens (tertiary/aromatic N) is 1. The molecule has 7 nitrogen and oxygen atoms in total. The Morgan fingerprint density at radius 2 is 2.06 bits per heavy atom. The van der Waals surface area contributed by atoms with Gasteiger partial charge in [-0.2, -0.15) is 0 Å². The summed E-state index contributed by atoms with van der Waals surface area (Å²) in [7, 11) is 0. The normalized spacial score (nSPS) is 9.83. The van der Waals surface area contributed by atoms with E-state index in [-0.39, 0.29) is 17.8 Å². The Morgan fingerprint density at radius 1 is 1.39 bits per heavy atom. The van der Waals surface area contributed by atoms with Crippen molar-refractivity contribution in [3.63, 3.8) is 0 Å². The van der Waals surface area contributed by atoms with Crippen LogP contribution in [0.1, 0.15) is 12.8 Å². The molecule has 0 saturated heterocycles. The first-order valence-electron chi connectivity index (χ1n) is 4.85. The molecule has 0 aliphatic rings. The number of nitrogens with one attached hydrogen (secondary N) is 1. The van der Waals surface area contributed by atoms with Gasteiger partial charge in [-0.3, -0.25) is 19.7 Å². The maximum absolute atomic E-state index is 13.2. The van der Waals surface area contributed by atoms with Gasteiger partial charge in [-0.05, 0) is 6.07 Å². The van der Waals surface area contributed by atoms with E-state index in [0.717, 1.165) is 18.2 Å². The summed E-state index contributed by atoms with van der Waals surface area (Å²) in [6.45, 7) is 0. The van der Waals surface area contributed by atoms with E-state index in [0.29, 0.717) is 0 Å². The van der Waals surface area contributed by atoms with E-state index in [1.165, 1.54) is 0 Å². The second-order valence-corrected chi connectivity index (χ2v) is 3.36. The monoisotopic (exact) mass is 256 g/mol. The summed E-state index contributed by atoms with van der Waals surface area (Å²) in [5.41, 5.74) is -0.718. The first-order chi connectivity index (χ1) is 8.40. The van der Waals surface area contributed by atoms with Crippen LogP contribution in [0.3, 0.4) is 0 Å². The van der Waals surface area contributed by atoms with Gasteiger partial charge in [0, 0.05) is 18.6 Å². The van der Waals surface area contributed by atoms with Crippen LogP contribution < -0.4 is 5.32 Å². The van der Waals surface area contributed by atoms with Crippen LogP contribution in [-0.4, -0.2) is 21.9 Å². The Morgan fingerprint density at radius 3 is 2.61 bits per heavy atom. The second-order valence-electron chi connectivity index (χ2n) is 3.36. The molecule has 0 atom stereocenters. The van der Waals surface area contributed by atoms with Crippen molar-refractivity contribution in [1.82, 2.24) is 0 Å². The van der Waals surface area contributed by atoms with Crippen LogP contribution in [0, 0.1) is 15.9 Å². The van der Waals surface area contributed by atoms with E-state index in [1.54, 1.807) is 0 Å². The van der Waals surface area contributed by atoms with Crippen molar-refractivity contribution in [3.05, 3.63) is 34.1 Å². The fourth-order valence-electron chi connectivity index (χ4n) is 1.16. The number of amides is 1. The molecule has 0 spiro atoms. The molecule has 1 amide bonds. The molecular weight excluding hydrogens is 247 g/mol. The van der Waals surface area contributed by atoms with Crippen molar-refractivity contribution < 1.29 is 24.0 Å². The van der Waals surface area contributed by atoms with Gasteiger partial charge in [0.15, 0.2) is 0 Å². The van der Waals surface area contributed by atoms with E-state index in [9.17, 15) is 24.1 Å². The molecule has 0 radical (unpaired) electrons. The van der Waals surface area contributed by atoms with Gasteiger partial charge < -0.3 is 10.4 Å². The summed E-state index contributed by atoms with van der Waals surface area (Å²) < 4.78 is 13.2. The zero-order valence-electron chi connectivity index (χ0n) is 9.05. The minimum atomic E-state index is -1.16. The van der Waals surface area contributed by atoms with Gasteiger partial charge in [-0.15, -0.1) is 0 Å². The maximum Gasteiger partial charge on any atom is 0.303 e. The van der Waals surface area contributed by atoms with Crippen LogP contribution in [0.2, 0.25) is 0 Å². The van der Waals surface area contributed by atoms with Crippen molar-refractivity contribution in [2.24, 2.45) is 0 Å². The standard InChI is InChI=1S/C10H9FN2O5/c11-7-2-1-6(13(17)18)5-8(7)12-9(14)3-4-10(15)16/h1-2,5H,3-4H2,(H,12,14)(H,15,16). The summed E-state index contributed by atoms with van der Waals surface area (Å²) >= 11 is 0. The minimum absolute atomic E-state index is 0.336. The average molecular weight is 256 g/mol. The highest BCUT2D eigenvalue weighted by atomic mass is 19.1. The molecule has 0 fully saturated rings. The molecule has 0 aliphatic carbocycles. The summed E-state index contributed by atoms with van der Waals surface area (Å²) in [6, 6.07) is 2.68. The lowest BCUT2D eigenvalue weighted by Gasteiger charge is -2.05. The maximum atomic E-state index is 13.2. The molecule has 0 aromatic heterocycles. The number of aliphatic carboxylic acids is 1. The Balaban J connectivity index is 2.77. The number of anilines is 1. The van der Waals surface area contributed by atoms with Crippen molar-refractivity contribution in [2.45, 2.75) is 12.8 Å². The van der Waals surface area contributed by atoms with Gasteiger partial charge in [-0.1, -0.05) is 0 Å². The summed E-state index contributed by atoms with van der Waals surface area (Å²) in [5.74, 6) is -2.72. The minimum Gasteiger partial charge on any atom is -0.481 e. The second kappa shape index (κ2) is 5.71. The molecule has 0 aliphatic heterocycles. The van der Waals surface area contributed by atoms with Gasteiger partial charge in [0.25, 0.3) is 5.69 Å². The highest BCUT2D eigenvalue weighted by Crippen LogP contribution is 2.21. The molecule has 1 aromatic carbocycles. The van der Waals surface area contributed by atoms with Gasteiger partial charge in [0.2, 0.25) is 5.91 Å². The zero-order valence-corrected chi connectivity index (χ0v) is 9.05. The molecule has 18 heavy (non-hydrogen) atoms. The number of hydrogen-bond acceptors (Lipinski definition) is 4. The van der Waals surface area contributed by atoms with E-state index in [2.05, 4.69) is 5.32 Å². The third kappa shape index (κ3) is 3.81.